The van der Waals surface area contributed by atoms with E-state index in [1.807, 2.05) is 26.0 Å². The molecule has 6 nitrogen and oxygen atoms in total. The molecule has 0 aliphatic heterocycles. The quantitative estimate of drug-likeness (QED) is 0.235. The van der Waals surface area contributed by atoms with Gasteiger partial charge in [-0.25, -0.2) is 4.98 Å². The lowest BCUT2D eigenvalue weighted by molar-refractivity contribution is 0.328. The summed E-state index contributed by atoms with van der Waals surface area (Å²) in [5.41, 5.74) is 1.08. The molecule has 32 heavy (non-hydrogen) atoms. The molecule has 1 atom stereocenters. The third-order valence-electron chi connectivity index (χ3n) is 4.87. The molecule has 0 spiro atoms. The Morgan fingerprint density at radius 1 is 1.28 bits per heavy atom. The molecule has 166 valence electrons. The number of terminal acetylenes is 1. The maximum atomic E-state index is 13.3. The number of hydrogen-bond donors (Lipinski definition) is 0. The Balaban J connectivity index is 2.18. The molecular formula is C23H20Br3N3O3. The van der Waals surface area contributed by atoms with Gasteiger partial charge in [0.05, 0.1) is 28.7 Å². The average Bonchev–Trinajstić information content (AvgIpc) is 2.79. The first-order chi connectivity index (χ1) is 15.3. The summed E-state index contributed by atoms with van der Waals surface area (Å²) in [6, 6.07) is 7.20. The summed E-state index contributed by atoms with van der Waals surface area (Å²) in [6.45, 7) is 4.16. The summed E-state index contributed by atoms with van der Waals surface area (Å²) in [6.07, 6.45) is 7.70. The van der Waals surface area contributed by atoms with E-state index in [0.29, 0.717) is 42.7 Å². The van der Waals surface area contributed by atoms with Crippen LogP contribution in [0.15, 0.2) is 47.6 Å². The highest BCUT2D eigenvalue weighted by atomic mass is 79.9. The molecular weight excluding hydrogens is 606 g/mol. The second kappa shape index (κ2) is 10.6. The van der Waals surface area contributed by atoms with Crippen molar-refractivity contribution in [2.45, 2.75) is 26.2 Å². The Kier molecular flexibility index (Phi) is 8.15. The molecule has 0 aliphatic carbocycles. The van der Waals surface area contributed by atoms with E-state index in [1.54, 1.807) is 18.3 Å². The van der Waals surface area contributed by atoms with Gasteiger partial charge < -0.3 is 9.47 Å². The lowest BCUT2D eigenvalue weighted by Gasteiger charge is -2.15. The Hall–Kier alpha value is -2.15. The predicted octanol–water partition coefficient (Wildman–Crippen LogP) is 6.10. The third-order valence-corrected chi connectivity index (χ3v) is 7.51. The normalized spacial score (nSPS) is 12.2. The van der Waals surface area contributed by atoms with Gasteiger partial charge in [-0.2, -0.15) is 9.78 Å². The average molecular weight is 626 g/mol. The van der Waals surface area contributed by atoms with Crippen LogP contribution in [0.4, 0.5) is 0 Å². The molecule has 0 N–H and O–H groups in total. The highest BCUT2D eigenvalue weighted by Gasteiger charge is 2.18. The van der Waals surface area contributed by atoms with Crippen molar-refractivity contribution < 1.29 is 9.47 Å². The van der Waals surface area contributed by atoms with E-state index in [2.05, 4.69) is 58.8 Å². The first-order valence-electron chi connectivity index (χ1n) is 9.71. The van der Waals surface area contributed by atoms with Crippen molar-refractivity contribution in [2.75, 3.05) is 13.7 Å². The van der Waals surface area contributed by atoms with E-state index in [4.69, 9.17) is 20.9 Å². The Morgan fingerprint density at radius 2 is 2.03 bits per heavy atom. The summed E-state index contributed by atoms with van der Waals surface area (Å²) in [5, 5.41) is 5.00. The number of nitrogens with zero attached hydrogens (tertiary/aromatic N) is 3. The second-order valence-corrected chi connectivity index (χ2v) is 9.42. The molecule has 2 aromatic carbocycles. The lowest BCUT2D eigenvalue weighted by atomic mass is 10.1. The van der Waals surface area contributed by atoms with Gasteiger partial charge in [0.1, 0.15) is 12.4 Å². The highest BCUT2D eigenvalue weighted by molar-refractivity contribution is 9.13. The molecule has 0 saturated carbocycles. The number of hydrogen-bond acceptors (Lipinski definition) is 5. The van der Waals surface area contributed by atoms with Crippen LogP contribution in [0.3, 0.4) is 0 Å². The van der Waals surface area contributed by atoms with Gasteiger partial charge in [-0.3, -0.25) is 4.79 Å². The first-order valence-corrected chi connectivity index (χ1v) is 12.1. The van der Waals surface area contributed by atoms with Crippen molar-refractivity contribution in [1.82, 2.24) is 9.66 Å². The van der Waals surface area contributed by atoms with Crippen LogP contribution in [-0.4, -0.2) is 29.6 Å². The van der Waals surface area contributed by atoms with Crippen LogP contribution in [-0.2, 0) is 0 Å². The monoisotopic (exact) mass is 623 g/mol. The van der Waals surface area contributed by atoms with Crippen molar-refractivity contribution in [2.24, 2.45) is 5.10 Å². The third kappa shape index (κ3) is 4.92. The molecule has 0 saturated heterocycles. The topological polar surface area (TPSA) is 65.7 Å². The van der Waals surface area contributed by atoms with Gasteiger partial charge in [0.25, 0.3) is 5.56 Å². The second-order valence-electron chi connectivity index (χ2n) is 6.92. The van der Waals surface area contributed by atoms with Gasteiger partial charge in [0.2, 0.25) is 0 Å². The fraction of sp³-hybridized carbons (Fsp3) is 0.261. The summed E-state index contributed by atoms with van der Waals surface area (Å²) in [7, 11) is 1.54. The van der Waals surface area contributed by atoms with Crippen LogP contribution in [0.5, 0.6) is 11.5 Å². The number of halogens is 3. The van der Waals surface area contributed by atoms with Crippen LogP contribution < -0.4 is 15.0 Å². The highest BCUT2D eigenvalue weighted by Crippen LogP contribution is 2.42. The fourth-order valence-corrected chi connectivity index (χ4v) is 4.29. The number of benzene rings is 2. The lowest BCUT2D eigenvalue weighted by Crippen LogP contribution is -2.23. The van der Waals surface area contributed by atoms with E-state index in [0.717, 1.165) is 10.9 Å². The van der Waals surface area contributed by atoms with Gasteiger partial charge in [-0.15, -0.1) is 6.42 Å². The van der Waals surface area contributed by atoms with Crippen molar-refractivity contribution >= 4 is 64.9 Å². The minimum atomic E-state index is -0.237. The molecule has 9 heteroatoms. The maximum Gasteiger partial charge on any atom is 0.282 e. The van der Waals surface area contributed by atoms with Crippen molar-refractivity contribution in [3.63, 3.8) is 0 Å². The van der Waals surface area contributed by atoms with E-state index >= 15 is 0 Å². The van der Waals surface area contributed by atoms with E-state index in [1.165, 1.54) is 11.8 Å². The Bertz CT molecular complexity index is 1300. The first kappa shape index (κ1) is 24.5. The number of rotatable bonds is 7. The zero-order valence-electron chi connectivity index (χ0n) is 17.7. The largest absolute Gasteiger partial charge is 0.493 e. The van der Waals surface area contributed by atoms with Crippen LogP contribution in [0, 0.1) is 12.3 Å². The van der Waals surface area contributed by atoms with E-state index < -0.39 is 0 Å². The Labute approximate surface area is 211 Å². The van der Waals surface area contributed by atoms with Gasteiger partial charge in [-0.1, -0.05) is 35.7 Å². The van der Waals surface area contributed by atoms with E-state index in [9.17, 15) is 4.79 Å². The Morgan fingerprint density at radius 3 is 2.69 bits per heavy atom. The number of ether oxygens (including phenoxy) is 2. The molecule has 0 bridgehead atoms. The maximum absolute atomic E-state index is 13.3. The van der Waals surface area contributed by atoms with Crippen molar-refractivity contribution in [3.05, 3.63) is 59.4 Å². The minimum Gasteiger partial charge on any atom is -0.493 e. The molecule has 3 rings (SSSR count). The predicted molar refractivity (Wildman–Crippen MR) is 138 cm³/mol. The van der Waals surface area contributed by atoms with Crippen molar-refractivity contribution in [3.8, 4) is 23.8 Å². The van der Waals surface area contributed by atoms with Gasteiger partial charge in [-0.05, 0) is 62.5 Å². The minimum absolute atomic E-state index is 0.0390. The summed E-state index contributed by atoms with van der Waals surface area (Å²) in [5.74, 6) is 4.02. The smallest absolute Gasteiger partial charge is 0.282 e. The standard InChI is InChI=1S/C23H20Br3N3O3/c1-5-9-32-21-18(31-4)10-14(19(25)20(21)26)12-27-29-22(13(3)6-2)28-17-8-7-15(24)11-16(17)23(29)30/h1,7-8,10-13H,6,9H2,2-4H3/t13-/m1/s1. The van der Waals surface area contributed by atoms with Gasteiger partial charge in [0, 0.05) is 20.4 Å². The van der Waals surface area contributed by atoms with Crippen LogP contribution in [0.1, 0.15) is 37.6 Å². The fourth-order valence-electron chi connectivity index (χ4n) is 3.00. The zero-order chi connectivity index (χ0) is 23.4. The number of methoxy groups -OCH3 is 1. The summed E-state index contributed by atoms with van der Waals surface area (Å²) >= 11 is 10.5. The molecule has 0 aliphatic rings. The zero-order valence-corrected chi connectivity index (χ0v) is 22.4. The number of aromatic nitrogens is 2. The molecule has 0 fully saturated rings. The van der Waals surface area contributed by atoms with Gasteiger partial charge >= 0.3 is 0 Å². The van der Waals surface area contributed by atoms with Gasteiger partial charge in [0.15, 0.2) is 11.5 Å². The molecule has 0 radical (unpaired) electrons. The molecule has 1 heterocycles. The van der Waals surface area contributed by atoms with Crippen LogP contribution in [0.2, 0.25) is 0 Å². The SMILES string of the molecule is C#CCOc1c(OC)cc(C=Nn2c([C@H](C)CC)nc3ccc(Br)cc3c2=O)c(Br)c1Br. The molecule has 1 aromatic heterocycles. The van der Waals surface area contributed by atoms with E-state index in [-0.39, 0.29) is 18.1 Å². The van der Waals surface area contributed by atoms with Crippen LogP contribution in [0.25, 0.3) is 10.9 Å². The summed E-state index contributed by atoms with van der Waals surface area (Å²) < 4.78 is 14.5. The van der Waals surface area contributed by atoms with Crippen molar-refractivity contribution in [1.29, 1.82) is 0 Å². The molecule has 0 amide bonds. The summed E-state index contributed by atoms with van der Waals surface area (Å²) in [4.78, 5) is 18.0. The number of fused-ring (bicyclic) bond motifs is 1. The van der Waals surface area contributed by atoms with Crippen LogP contribution >= 0.6 is 47.8 Å². The molecule has 0 unspecified atom stereocenters. The molecule has 3 aromatic rings.